The number of halogens is 1. The maximum atomic E-state index is 13.1. The third kappa shape index (κ3) is 4.27. The summed E-state index contributed by atoms with van der Waals surface area (Å²) in [6.07, 6.45) is 4.75. The highest BCUT2D eigenvalue weighted by molar-refractivity contribution is 8.00. The molecular weight excluding hydrogens is 341 g/mol. The molecule has 0 spiro atoms. The van der Waals surface area contributed by atoms with Crippen molar-refractivity contribution in [3.63, 3.8) is 0 Å². The summed E-state index contributed by atoms with van der Waals surface area (Å²) in [6.45, 7) is 5.62. The molecule has 0 unspecified atom stereocenters. The van der Waals surface area contributed by atoms with Crippen LogP contribution in [0.25, 0.3) is 4.91 Å². The van der Waals surface area contributed by atoms with Crippen molar-refractivity contribution in [3.05, 3.63) is 41.2 Å². The van der Waals surface area contributed by atoms with Crippen LogP contribution < -0.4 is 4.72 Å². The number of benzene rings is 1. The molecule has 0 aliphatic carbocycles. The van der Waals surface area contributed by atoms with E-state index in [1.54, 1.807) is 6.92 Å². The fourth-order valence-corrected chi connectivity index (χ4v) is 4.88. The van der Waals surface area contributed by atoms with E-state index in [2.05, 4.69) is 14.6 Å². The van der Waals surface area contributed by atoms with Gasteiger partial charge in [-0.2, -0.15) is 0 Å². The molecule has 0 atom stereocenters. The van der Waals surface area contributed by atoms with Crippen LogP contribution in [0, 0.1) is 5.82 Å². The van der Waals surface area contributed by atoms with Gasteiger partial charge in [-0.15, -0.1) is 0 Å². The summed E-state index contributed by atoms with van der Waals surface area (Å²) in [6, 6.07) is 5.48. The molecule has 1 fully saturated rings. The molecule has 0 saturated carbocycles. The molecule has 136 valence electrons. The Labute approximate surface area is 148 Å². The van der Waals surface area contributed by atoms with Crippen LogP contribution in [-0.2, 0) is 10.0 Å². The van der Waals surface area contributed by atoms with Gasteiger partial charge in [0.15, 0.2) is 0 Å². The van der Waals surface area contributed by atoms with Crippen molar-refractivity contribution in [3.8, 4) is 0 Å². The highest BCUT2D eigenvalue weighted by Gasteiger charge is 2.32. The predicted octanol–water partition coefficient (Wildman–Crippen LogP) is 2.76. The van der Waals surface area contributed by atoms with E-state index in [9.17, 15) is 12.8 Å². The van der Waals surface area contributed by atoms with E-state index in [4.69, 9.17) is 0 Å². The molecule has 2 aliphatic heterocycles. The van der Waals surface area contributed by atoms with Crippen molar-refractivity contribution < 1.29 is 12.8 Å². The lowest BCUT2D eigenvalue weighted by molar-refractivity contribution is 0.228. The number of amidine groups is 1. The van der Waals surface area contributed by atoms with Gasteiger partial charge in [0, 0.05) is 12.1 Å². The predicted molar refractivity (Wildman–Crippen MR) is 98.3 cm³/mol. The second-order valence-electron chi connectivity index (χ2n) is 6.55. The summed E-state index contributed by atoms with van der Waals surface area (Å²) in [5.41, 5.74) is 1.06. The number of sulfonamides is 1. The Bertz CT molecular complexity index is 779. The van der Waals surface area contributed by atoms with E-state index in [0.29, 0.717) is 23.5 Å². The Morgan fingerprint density at radius 2 is 1.84 bits per heavy atom. The Kier molecular flexibility index (Phi) is 5.54. The average Bonchev–Trinajstić information content (AvgIpc) is 2.82. The quantitative estimate of drug-likeness (QED) is 0.816. The van der Waals surface area contributed by atoms with Crippen LogP contribution in [0.4, 0.5) is 4.39 Å². The van der Waals surface area contributed by atoms with Crippen molar-refractivity contribution in [2.45, 2.75) is 32.6 Å². The van der Waals surface area contributed by atoms with Gasteiger partial charge in [0.2, 0.25) is 0 Å². The molecule has 1 N–H and O–H groups in total. The van der Waals surface area contributed by atoms with Crippen LogP contribution in [0.2, 0.25) is 0 Å². The summed E-state index contributed by atoms with van der Waals surface area (Å²) in [5, 5.41) is 0. The summed E-state index contributed by atoms with van der Waals surface area (Å²) < 4.78 is 40.4. The van der Waals surface area contributed by atoms with E-state index >= 15 is 0 Å². The molecule has 1 aromatic rings. The standard InChI is InChI=1S/C18H24FN3O2S/c1-14-17(15-6-8-16(19)9-7-15)25(23,24)21-18(14)20-10-5-13-22-11-3-2-4-12-22/h6-9H,2-5,10-13H2,1H3,(H,20,21). The molecule has 7 heteroatoms. The third-order valence-electron chi connectivity index (χ3n) is 4.65. The number of rotatable bonds is 5. The Balaban J connectivity index is 1.68. The molecule has 5 nitrogen and oxygen atoms in total. The smallest absolute Gasteiger partial charge is 0.264 e. The van der Waals surface area contributed by atoms with Gasteiger partial charge in [-0.1, -0.05) is 18.6 Å². The van der Waals surface area contributed by atoms with Crippen LogP contribution in [0.1, 0.15) is 38.2 Å². The molecule has 2 aliphatic rings. The van der Waals surface area contributed by atoms with Gasteiger partial charge in [-0.05, 0) is 63.5 Å². The molecule has 0 radical (unpaired) electrons. The van der Waals surface area contributed by atoms with Crippen LogP contribution in [0.15, 0.2) is 34.8 Å². The fraction of sp³-hybridized carbons (Fsp3) is 0.500. The zero-order valence-electron chi connectivity index (χ0n) is 14.5. The van der Waals surface area contributed by atoms with E-state index in [1.165, 1.54) is 43.5 Å². The van der Waals surface area contributed by atoms with E-state index in [-0.39, 0.29) is 4.91 Å². The van der Waals surface area contributed by atoms with Crippen LogP contribution in [0.5, 0.6) is 0 Å². The van der Waals surface area contributed by atoms with E-state index in [1.807, 2.05) is 0 Å². The van der Waals surface area contributed by atoms with Gasteiger partial charge in [0.1, 0.15) is 16.6 Å². The maximum absolute atomic E-state index is 13.1. The van der Waals surface area contributed by atoms with Gasteiger partial charge in [0.25, 0.3) is 10.0 Å². The Morgan fingerprint density at radius 3 is 2.52 bits per heavy atom. The summed E-state index contributed by atoms with van der Waals surface area (Å²) in [5.74, 6) is 0.00919. The molecular formula is C18H24FN3O2S. The van der Waals surface area contributed by atoms with Crippen molar-refractivity contribution in [1.29, 1.82) is 0 Å². The SMILES string of the molecule is CC1=C(c2ccc(F)cc2)S(=O)(=O)NC1=NCCCN1CCCCC1. The number of aliphatic imine (C=N–C) groups is 1. The van der Waals surface area contributed by atoms with Crippen LogP contribution in [0.3, 0.4) is 0 Å². The Hall–Kier alpha value is -1.73. The zero-order chi connectivity index (χ0) is 17.9. The molecule has 0 amide bonds. The molecule has 1 aromatic carbocycles. The first-order valence-electron chi connectivity index (χ1n) is 8.74. The highest BCUT2D eigenvalue weighted by Crippen LogP contribution is 2.29. The van der Waals surface area contributed by atoms with Crippen molar-refractivity contribution in [1.82, 2.24) is 9.62 Å². The number of nitrogens with one attached hydrogen (secondary N) is 1. The average molecular weight is 365 g/mol. The molecule has 2 heterocycles. The largest absolute Gasteiger partial charge is 0.303 e. The minimum Gasteiger partial charge on any atom is -0.303 e. The normalized spacial score (nSPS) is 22.4. The van der Waals surface area contributed by atoms with Crippen LogP contribution >= 0.6 is 0 Å². The summed E-state index contributed by atoms with van der Waals surface area (Å²) in [4.78, 5) is 7.07. The lowest BCUT2D eigenvalue weighted by Gasteiger charge is -2.25. The van der Waals surface area contributed by atoms with Crippen molar-refractivity contribution >= 4 is 20.8 Å². The topological polar surface area (TPSA) is 61.8 Å². The van der Waals surface area contributed by atoms with Gasteiger partial charge in [0.05, 0.1) is 0 Å². The minimum atomic E-state index is -3.64. The number of hydrogen-bond donors (Lipinski definition) is 1. The van der Waals surface area contributed by atoms with E-state index < -0.39 is 15.8 Å². The molecule has 0 bridgehead atoms. The highest BCUT2D eigenvalue weighted by atomic mass is 32.2. The number of piperidine rings is 1. The molecule has 0 aromatic heterocycles. The first-order chi connectivity index (χ1) is 12.0. The lowest BCUT2D eigenvalue weighted by atomic mass is 10.1. The fourth-order valence-electron chi connectivity index (χ4n) is 3.36. The second-order valence-corrected chi connectivity index (χ2v) is 8.17. The lowest BCUT2D eigenvalue weighted by Crippen LogP contribution is -2.31. The van der Waals surface area contributed by atoms with Crippen molar-refractivity contribution in [2.75, 3.05) is 26.2 Å². The zero-order valence-corrected chi connectivity index (χ0v) is 15.3. The molecule has 25 heavy (non-hydrogen) atoms. The number of nitrogens with zero attached hydrogens (tertiary/aromatic N) is 2. The van der Waals surface area contributed by atoms with Crippen molar-refractivity contribution in [2.24, 2.45) is 4.99 Å². The monoisotopic (exact) mass is 365 g/mol. The van der Waals surface area contributed by atoms with Gasteiger partial charge in [-0.25, -0.2) is 12.8 Å². The minimum absolute atomic E-state index is 0.183. The number of likely N-dealkylation sites (tertiary alicyclic amines) is 1. The first-order valence-corrected chi connectivity index (χ1v) is 10.2. The van der Waals surface area contributed by atoms with Gasteiger partial charge < -0.3 is 4.90 Å². The molecule has 1 saturated heterocycles. The number of hydrogen-bond acceptors (Lipinski definition) is 4. The third-order valence-corrected chi connectivity index (χ3v) is 6.19. The van der Waals surface area contributed by atoms with Gasteiger partial charge in [-0.3, -0.25) is 9.71 Å². The van der Waals surface area contributed by atoms with E-state index in [0.717, 1.165) is 26.1 Å². The van der Waals surface area contributed by atoms with Crippen LogP contribution in [-0.4, -0.2) is 45.3 Å². The molecule has 3 rings (SSSR count). The maximum Gasteiger partial charge on any atom is 0.264 e. The van der Waals surface area contributed by atoms with Gasteiger partial charge >= 0.3 is 0 Å². The summed E-state index contributed by atoms with van der Waals surface area (Å²) in [7, 11) is -3.64. The second kappa shape index (κ2) is 7.66. The first kappa shape index (κ1) is 18.1. The summed E-state index contributed by atoms with van der Waals surface area (Å²) >= 11 is 0. The Morgan fingerprint density at radius 1 is 1.16 bits per heavy atom.